The number of anilines is 1. The number of aromatic nitrogens is 1. The van der Waals surface area contributed by atoms with Gasteiger partial charge in [0.15, 0.2) is 6.29 Å². The Hall–Kier alpha value is -1.43. The molecule has 0 spiro atoms. The molecule has 17 heavy (non-hydrogen) atoms. The summed E-state index contributed by atoms with van der Waals surface area (Å²) >= 11 is 3.20. The van der Waals surface area contributed by atoms with Crippen LogP contribution in [0.15, 0.2) is 16.7 Å². The number of hydrogen-bond acceptors (Lipinski definition) is 4. The van der Waals surface area contributed by atoms with Crippen LogP contribution in [0, 0.1) is 0 Å². The van der Waals surface area contributed by atoms with Crippen molar-refractivity contribution < 1.29 is 14.3 Å². The second-order valence-corrected chi connectivity index (χ2v) is 5.15. The van der Waals surface area contributed by atoms with Crippen molar-refractivity contribution in [2.24, 2.45) is 0 Å². The van der Waals surface area contributed by atoms with Crippen LogP contribution in [0.5, 0.6) is 0 Å². The van der Waals surface area contributed by atoms with Crippen molar-refractivity contribution in [2.75, 3.05) is 5.32 Å². The van der Waals surface area contributed by atoms with Gasteiger partial charge in [0, 0.05) is 10.7 Å². The summed E-state index contributed by atoms with van der Waals surface area (Å²) in [6.07, 6.45) is 1.44. The Bertz CT molecular complexity index is 441. The predicted octanol–water partition coefficient (Wildman–Crippen LogP) is 3.00. The zero-order valence-corrected chi connectivity index (χ0v) is 11.4. The smallest absolute Gasteiger partial charge is 0.413 e. The molecule has 0 aliphatic carbocycles. The molecule has 0 saturated heterocycles. The third kappa shape index (κ3) is 4.14. The van der Waals surface area contributed by atoms with Gasteiger partial charge in [0.2, 0.25) is 0 Å². The molecule has 0 radical (unpaired) electrons. The van der Waals surface area contributed by atoms with Crippen LogP contribution < -0.4 is 5.32 Å². The number of aldehydes is 1. The standard InChI is InChI=1S/C11H13BrN2O3/c1-11(2,3)17-10(16)14-9-7(6-15)8(12)4-5-13-9/h4-6H,1-3H3,(H,13,14,16). The molecule has 0 aliphatic rings. The second-order valence-electron chi connectivity index (χ2n) is 4.30. The first kappa shape index (κ1) is 13.6. The highest BCUT2D eigenvalue weighted by molar-refractivity contribution is 9.10. The summed E-state index contributed by atoms with van der Waals surface area (Å²) in [5, 5.41) is 2.43. The van der Waals surface area contributed by atoms with Crippen LogP contribution in [0.2, 0.25) is 0 Å². The first-order chi connectivity index (χ1) is 7.83. The Morgan fingerprint density at radius 3 is 2.71 bits per heavy atom. The fourth-order valence-electron chi connectivity index (χ4n) is 1.06. The Kier molecular flexibility index (Phi) is 4.22. The van der Waals surface area contributed by atoms with Gasteiger partial charge < -0.3 is 4.74 Å². The van der Waals surface area contributed by atoms with Gasteiger partial charge in [-0.2, -0.15) is 0 Å². The van der Waals surface area contributed by atoms with E-state index in [9.17, 15) is 9.59 Å². The van der Waals surface area contributed by atoms with E-state index in [-0.39, 0.29) is 11.4 Å². The molecule has 1 aromatic heterocycles. The van der Waals surface area contributed by atoms with Crippen molar-refractivity contribution in [2.45, 2.75) is 26.4 Å². The molecule has 5 nitrogen and oxygen atoms in total. The van der Waals surface area contributed by atoms with E-state index in [1.807, 2.05) is 0 Å². The van der Waals surface area contributed by atoms with Gasteiger partial charge >= 0.3 is 6.09 Å². The first-order valence-corrected chi connectivity index (χ1v) is 5.72. The number of carbonyl (C=O) groups excluding carboxylic acids is 2. The molecule has 0 bridgehead atoms. The third-order valence-corrected chi connectivity index (χ3v) is 2.37. The molecule has 6 heteroatoms. The summed E-state index contributed by atoms with van der Waals surface area (Å²) in [5.74, 6) is 0.170. The highest BCUT2D eigenvalue weighted by Gasteiger charge is 2.18. The summed E-state index contributed by atoms with van der Waals surface area (Å²) in [6, 6.07) is 1.62. The maximum Gasteiger partial charge on any atom is 0.413 e. The van der Waals surface area contributed by atoms with Crippen LogP contribution in [-0.2, 0) is 4.74 Å². The van der Waals surface area contributed by atoms with Gasteiger partial charge in [0.05, 0.1) is 5.56 Å². The molecule has 1 amide bonds. The van der Waals surface area contributed by atoms with Crippen LogP contribution in [0.1, 0.15) is 31.1 Å². The number of carbonyl (C=O) groups is 2. The van der Waals surface area contributed by atoms with Crippen LogP contribution in [0.25, 0.3) is 0 Å². The Morgan fingerprint density at radius 2 is 2.18 bits per heavy atom. The number of halogens is 1. The number of amides is 1. The SMILES string of the molecule is CC(C)(C)OC(=O)Nc1nccc(Br)c1C=O. The molecule has 0 aliphatic heterocycles. The average Bonchev–Trinajstić information content (AvgIpc) is 2.14. The molecule has 92 valence electrons. The minimum atomic E-state index is -0.647. The highest BCUT2D eigenvalue weighted by Crippen LogP contribution is 2.21. The van der Waals surface area contributed by atoms with Gasteiger partial charge in [-0.05, 0) is 42.8 Å². The van der Waals surface area contributed by atoms with Crippen molar-refractivity contribution >= 4 is 34.1 Å². The molecule has 0 atom stereocenters. The summed E-state index contributed by atoms with van der Waals surface area (Å²) in [5.41, 5.74) is -0.324. The minimum Gasteiger partial charge on any atom is -0.444 e. The normalized spacial score (nSPS) is 10.8. The van der Waals surface area contributed by atoms with Crippen LogP contribution >= 0.6 is 15.9 Å². The predicted molar refractivity (Wildman–Crippen MR) is 67.2 cm³/mol. The fourth-order valence-corrected chi connectivity index (χ4v) is 1.46. The lowest BCUT2D eigenvalue weighted by atomic mass is 10.2. The zero-order valence-electron chi connectivity index (χ0n) is 9.78. The maximum atomic E-state index is 11.5. The molecule has 1 N–H and O–H groups in total. The lowest BCUT2D eigenvalue weighted by Gasteiger charge is -2.19. The number of ether oxygens (including phenoxy) is 1. The number of nitrogens with zero attached hydrogens (tertiary/aromatic N) is 1. The van der Waals surface area contributed by atoms with Gasteiger partial charge in [-0.25, -0.2) is 9.78 Å². The van der Waals surface area contributed by atoms with E-state index in [1.165, 1.54) is 6.20 Å². The molecular weight excluding hydrogens is 288 g/mol. The number of rotatable bonds is 2. The summed E-state index contributed by atoms with van der Waals surface area (Å²) < 4.78 is 5.62. The van der Waals surface area contributed by atoms with E-state index in [0.29, 0.717) is 10.8 Å². The van der Waals surface area contributed by atoms with Crippen LogP contribution in [0.4, 0.5) is 10.6 Å². The van der Waals surface area contributed by atoms with Crippen molar-refractivity contribution in [1.29, 1.82) is 0 Å². The Labute approximate surface area is 108 Å². The molecule has 0 aromatic carbocycles. The van der Waals surface area contributed by atoms with Gasteiger partial charge in [-0.15, -0.1) is 0 Å². The van der Waals surface area contributed by atoms with E-state index in [0.717, 1.165) is 0 Å². The molecule has 0 fully saturated rings. The molecule has 0 unspecified atom stereocenters. The van der Waals surface area contributed by atoms with Crippen LogP contribution in [0.3, 0.4) is 0 Å². The molecule has 1 rings (SSSR count). The van der Waals surface area contributed by atoms with Gasteiger partial charge in [0.1, 0.15) is 11.4 Å². The highest BCUT2D eigenvalue weighted by atomic mass is 79.9. The zero-order chi connectivity index (χ0) is 13.1. The first-order valence-electron chi connectivity index (χ1n) is 4.93. The van der Waals surface area contributed by atoms with Gasteiger partial charge in [-0.1, -0.05) is 0 Å². The monoisotopic (exact) mass is 300 g/mol. The van der Waals surface area contributed by atoms with Crippen molar-refractivity contribution in [3.8, 4) is 0 Å². The van der Waals surface area contributed by atoms with Crippen molar-refractivity contribution in [1.82, 2.24) is 4.98 Å². The topological polar surface area (TPSA) is 68.3 Å². The van der Waals surface area contributed by atoms with Gasteiger partial charge in [-0.3, -0.25) is 10.1 Å². The lowest BCUT2D eigenvalue weighted by Crippen LogP contribution is -2.27. The number of hydrogen-bond donors (Lipinski definition) is 1. The molecule has 0 saturated carbocycles. The fraction of sp³-hybridized carbons (Fsp3) is 0.364. The lowest BCUT2D eigenvalue weighted by molar-refractivity contribution is 0.0635. The number of nitrogens with one attached hydrogen (secondary N) is 1. The Morgan fingerprint density at radius 1 is 1.53 bits per heavy atom. The van der Waals surface area contributed by atoms with E-state index < -0.39 is 11.7 Å². The molecule has 1 heterocycles. The third-order valence-electron chi connectivity index (χ3n) is 1.67. The molecule has 1 aromatic rings. The quantitative estimate of drug-likeness (QED) is 0.853. The van der Waals surface area contributed by atoms with E-state index >= 15 is 0 Å². The summed E-state index contributed by atoms with van der Waals surface area (Å²) in [4.78, 5) is 26.3. The summed E-state index contributed by atoms with van der Waals surface area (Å²) in [6.45, 7) is 5.25. The largest absolute Gasteiger partial charge is 0.444 e. The maximum absolute atomic E-state index is 11.5. The Balaban J connectivity index is 2.85. The number of pyridine rings is 1. The molecular formula is C11H13BrN2O3. The van der Waals surface area contributed by atoms with Crippen molar-refractivity contribution in [3.63, 3.8) is 0 Å². The van der Waals surface area contributed by atoms with E-state index in [2.05, 4.69) is 26.2 Å². The second kappa shape index (κ2) is 5.27. The summed E-state index contributed by atoms with van der Waals surface area (Å²) in [7, 11) is 0. The van der Waals surface area contributed by atoms with Crippen molar-refractivity contribution in [3.05, 3.63) is 22.3 Å². The average molecular weight is 301 g/mol. The van der Waals surface area contributed by atoms with E-state index in [1.54, 1.807) is 26.8 Å². The van der Waals surface area contributed by atoms with Gasteiger partial charge in [0.25, 0.3) is 0 Å². The minimum absolute atomic E-state index is 0.170. The van der Waals surface area contributed by atoms with E-state index in [4.69, 9.17) is 4.74 Å². The van der Waals surface area contributed by atoms with Crippen LogP contribution in [-0.4, -0.2) is 23.0 Å².